The first-order chi connectivity index (χ1) is 23.8. The maximum absolute atomic E-state index is 11.4. The molecular formula is C45H39NO3. The molecule has 242 valence electrons. The lowest BCUT2D eigenvalue weighted by molar-refractivity contribution is -0.268. The molecule has 0 aliphatic carbocycles. The summed E-state index contributed by atoms with van der Waals surface area (Å²) < 4.78 is 0.558. The Morgan fingerprint density at radius 1 is 0.408 bits per heavy atom. The molecule has 7 rings (SSSR count). The Kier molecular flexibility index (Phi) is 9.61. The third-order valence-corrected chi connectivity index (χ3v) is 9.17. The molecule has 0 amide bonds. The standard InChI is InChI=1S/C25H22N.C20H18O3/c1-21-17-19-25(20-18-21)26(22-11-5-2-6-12-22,23-13-7-3-8-14-23)24-15-9-4-10-16-24;1-20(14-2-8-17(21)9-3-14,15-4-10-18(22)11-5-15)16-6-12-19(23)13-7-16/h2-20H,1H3;2-13,21-23H,1H3/q+1;/p-1. The van der Waals surface area contributed by atoms with E-state index in [-0.39, 0.29) is 17.2 Å². The molecule has 49 heavy (non-hydrogen) atoms. The van der Waals surface area contributed by atoms with Crippen LogP contribution < -0.4 is 9.59 Å². The average Bonchev–Trinajstić information content (AvgIpc) is 3.15. The van der Waals surface area contributed by atoms with Crippen LogP contribution >= 0.6 is 0 Å². The molecule has 0 aliphatic rings. The predicted octanol–water partition coefficient (Wildman–Crippen LogP) is 10.8. The Morgan fingerprint density at radius 2 is 0.714 bits per heavy atom. The van der Waals surface area contributed by atoms with E-state index < -0.39 is 5.41 Å². The van der Waals surface area contributed by atoms with Gasteiger partial charge in [-0.15, -0.1) is 5.75 Å². The summed E-state index contributed by atoms with van der Waals surface area (Å²) in [5.74, 6) is 0.376. The second kappa shape index (κ2) is 14.3. The monoisotopic (exact) mass is 641 g/mol. The minimum atomic E-state index is -0.505. The molecule has 0 spiro atoms. The van der Waals surface area contributed by atoms with E-state index in [1.165, 1.54) is 28.3 Å². The molecule has 7 aromatic carbocycles. The van der Waals surface area contributed by atoms with E-state index in [0.29, 0.717) is 4.48 Å². The fraction of sp³-hybridized carbons (Fsp3) is 0.0667. The molecular weight excluding hydrogens is 602 g/mol. The highest BCUT2D eigenvalue weighted by Crippen LogP contribution is 2.51. The van der Waals surface area contributed by atoms with E-state index in [0.717, 1.165) is 16.7 Å². The summed E-state index contributed by atoms with van der Waals surface area (Å²) in [5.41, 5.74) is 8.57. The van der Waals surface area contributed by atoms with E-state index in [9.17, 15) is 15.3 Å². The molecule has 4 nitrogen and oxygen atoms in total. The number of para-hydroxylation sites is 3. The number of rotatable bonds is 7. The molecule has 0 fully saturated rings. The van der Waals surface area contributed by atoms with Gasteiger partial charge in [-0.05, 0) is 54.8 Å². The van der Waals surface area contributed by atoms with Crippen LogP contribution in [-0.4, -0.2) is 10.2 Å². The summed E-state index contributed by atoms with van der Waals surface area (Å²) in [6.07, 6.45) is 0. The van der Waals surface area contributed by atoms with Gasteiger partial charge >= 0.3 is 0 Å². The van der Waals surface area contributed by atoms with Crippen LogP contribution in [0.2, 0.25) is 0 Å². The van der Waals surface area contributed by atoms with Crippen LogP contribution in [0.5, 0.6) is 17.2 Å². The fourth-order valence-electron chi connectivity index (χ4n) is 6.50. The smallest absolute Gasteiger partial charge is 0.148 e. The lowest BCUT2D eigenvalue weighted by Crippen LogP contribution is -2.33. The lowest BCUT2D eigenvalue weighted by Gasteiger charge is -2.37. The fourth-order valence-corrected chi connectivity index (χ4v) is 6.50. The van der Waals surface area contributed by atoms with Crippen molar-refractivity contribution < 1.29 is 15.3 Å². The van der Waals surface area contributed by atoms with E-state index in [2.05, 4.69) is 129 Å². The van der Waals surface area contributed by atoms with Crippen LogP contribution in [-0.2, 0) is 5.41 Å². The third kappa shape index (κ3) is 6.68. The average molecular weight is 642 g/mol. The highest BCUT2D eigenvalue weighted by atomic mass is 16.3. The van der Waals surface area contributed by atoms with Gasteiger partial charge in [0.15, 0.2) is 0 Å². The molecule has 0 saturated carbocycles. The highest BCUT2D eigenvalue weighted by Gasteiger charge is 2.38. The number of hydrogen-bond acceptors (Lipinski definition) is 3. The lowest BCUT2D eigenvalue weighted by atomic mass is 9.71. The SMILES string of the molecule is CC(c1ccc([O-])cc1)(c1ccc(O)cc1)c1ccc(O)cc1.Cc1ccc([N+](c2ccccc2)(c2ccccc2)c2ccccc2)cc1. The van der Waals surface area contributed by atoms with Gasteiger partial charge in [-0.1, -0.05) is 121 Å². The maximum Gasteiger partial charge on any atom is 0.148 e. The number of benzene rings is 7. The molecule has 0 unspecified atom stereocenters. The van der Waals surface area contributed by atoms with Gasteiger partial charge in [0.25, 0.3) is 0 Å². The van der Waals surface area contributed by atoms with Crippen LogP contribution in [0.15, 0.2) is 188 Å². The minimum Gasteiger partial charge on any atom is -0.872 e. The van der Waals surface area contributed by atoms with Gasteiger partial charge in [0.1, 0.15) is 34.2 Å². The summed E-state index contributed by atoms with van der Waals surface area (Å²) in [6, 6.07) is 61.8. The number of phenols is 2. The van der Waals surface area contributed by atoms with Gasteiger partial charge in [0.2, 0.25) is 0 Å². The summed E-state index contributed by atoms with van der Waals surface area (Å²) >= 11 is 0. The van der Waals surface area contributed by atoms with E-state index in [1.807, 2.05) is 36.4 Å². The second-order valence-electron chi connectivity index (χ2n) is 12.3. The van der Waals surface area contributed by atoms with E-state index in [4.69, 9.17) is 0 Å². The molecule has 0 aliphatic heterocycles. The molecule has 7 aromatic rings. The molecule has 0 saturated heterocycles. The third-order valence-electron chi connectivity index (χ3n) is 9.17. The van der Waals surface area contributed by atoms with Gasteiger partial charge in [0, 0.05) is 53.9 Å². The molecule has 2 N–H and O–H groups in total. The van der Waals surface area contributed by atoms with Crippen molar-refractivity contribution >= 4 is 22.7 Å². The van der Waals surface area contributed by atoms with Gasteiger partial charge in [-0.25, -0.2) is 0 Å². The zero-order chi connectivity index (χ0) is 34.3. The first-order valence-electron chi connectivity index (χ1n) is 16.3. The normalized spacial score (nSPS) is 11.3. The first kappa shape index (κ1) is 32.8. The maximum atomic E-state index is 11.4. The Morgan fingerprint density at radius 3 is 1.06 bits per heavy atom. The second-order valence-corrected chi connectivity index (χ2v) is 12.3. The van der Waals surface area contributed by atoms with Gasteiger partial charge < -0.3 is 15.3 Å². The molecule has 0 atom stereocenters. The highest BCUT2D eigenvalue weighted by molar-refractivity contribution is 5.81. The molecule has 0 radical (unpaired) electrons. The summed E-state index contributed by atoms with van der Waals surface area (Å²) in [5, 5.41) is 30.6. The zero-order valence-electron chi connectivity index (χ0n) is 27.6. The van der Waals surface area contributed by atoms with Crippen LogP contribution in [0, 0.1) is 6.92 Å². The molecule has 4 heteroatoms. The van der Waals surface area contributed by atoms with Crippen molar-refractivity contribution in [1.82, 2.24) is 4.48 Å². The van der Waals surface area contributed by atoms with Crippen molar-refractivity contribution in [1.29, 1.82) is 0 Å². The number of phenolic OH excluding ortho intramolecular Hbond substituents is 2. The van der Waals surface area contributed by atoms with Gasteiger partial charge in [-0.2, -0.15) is 4.48 Å². The van der Waals surface area contributed by atoms with Crippen LogP contribution in [0.4, 0.5) is 22.7 Å². The number of quaternary nitrogens is 1. The van der Waals surface area contributed by atoms with Crippen molar-refractivity contribution in [3.05, 3.63) is 210 Å². The number of aryl methyl sites for hydroxylation is 1. The predicted molar refractivity (Wildman–Crippen MR) is 199 cm³/mol. The summed E-state index contributed by atoms with van der Waals surface area (Å²) in [4.78, 5) is 0. The number of aromatic hydroxyl groups is 2. The van der Waals surface area contributed by atoms with Crippen molar-refractivity contribution in [2.45, 2.75) is 19.3 Å². The number of nitrogens with zero attached hydrogens (tertiary/aromatic N) is 1. The minimum absolute atomic E-state index is 0.0347. The van der Waals surface area contributed by atoms with E-state index in [1.54, 1.807) is 36.4 Å². The van der Waals surface area contributed by atoms with Crippen molar-refractivity contribution in [2.24, 2.45) is 0 Å². The topological polar surface area (TPSA) is 63.5 Å². The number of hydrogen-bond donors (Lipinski definition) is 2. The molecule has 0 heterocycles. The summed E-state index contributed by atoms with van der Waals surface area (Å²) in [6.45, 7) is 4.19. The van der Waals surface area contributed by atoms with E-state index >= 15 is 0 Å². The Hall–Kier alpha value is -6.10. The largest absolute Gasteiger partial charge is 0.872 e. The van der Waals surface area contributed by atoms with Gasteiger partial charge in [-0.3, -0.25) is 0 Å². The summed E-state index contributed by atoms with van der Waals surface area (Å²) in [7, 11) is 0. The molecule has 0 bridgehead atoms. The van der Waals surface area contributed by atoms with Crippen molar-refractivity contribution in [3.8, 4) is 17.2 Å². The quantitative estimate of drug-likeness (QED) is 0.134. The van der Waals surface area contributed by atoms with Crippen LogP contribution in [0.25, 0.3) is 0 Å². The Bertz CT molecular complexity index is 1850. The van der Waals surface area contributed by atoms with Crippen molar-refractivity contribution in [2.75, 3.05) is 0 Å². The van der Waals surface area contributed by atoms with Gasteiger partial charge in [0.05, 0.1) is 0 Å². The first-order valence-corrected chi connectivity index (χ1v) is 16.3. The van der Waals surface area contributed by atoms with Crippen LogP contribution in [0.1, 0.15) is 29.2 Å². The van der Waals surface area contributed by atoms with Crippen molar-refractivity contribution in [3.63, 3.8) is 0 Å². The van der Waals surface area contributed by atoms with Crippen LogP contribution in [0.3, 0.4) is 0 Å². The Balaban J connectivity index is 0.000000171. The molecule has 0 aromatic heterocycles. The zero-order valence-corrected chi connectivity index (χ0v) is 27.6. The Labute approximate surface area is 288 Å².